The maximum Gasteiger partial charge on any atom is 0.233 e. The number of aliphatic hydroxyl groups is 1. The maximum absolute atomic E-state index is 9.94. The van der Waals surface area contributed by atoms with Crippen molar-refractivity contribution in [2.24, 2.45) is 0 Å². The first kappa shape index (κ1) is 17.8. The second-order valence-corrected chi connectivity index (χ2v) is 5.53. The lowest BCUT2D eigenvalue weighted by atomic mass is 10.3. The highest BCUT2D eigenvalue weighted by molar-refractivity contribution is 5.23. The molecule has 2 aromatic heterocycles. The largest absolute Gasteiger partial charge is 0.492 e. The molecule has 3 aromatic rings. The van der Waals surface area contributed by atoms with Crippen molar-refractivity contribution < 1.29 is 14.6 Å². The monoisotopic (exact) mass is 355 g/mol. The summed E-state index contributed by atoms with van der Waals surface area (Å²) in [5, 5.41) is 21.1. The van der Waals surface area contributed by atoms with Gasteiger partial charge in [0.25, 0.3) is 0 Å². The van der Waals surface area contributed by atoms with Crippen molar-refractivity contribution in [3.8, 4) is 17.4 Å². The van der Waals surface area contributed by atoms with Gasteiger partial charge >= 0.3 is 0 Å². The number of ether oxygens (including phenoxy) is 2. The first-order chi connectivity index (χ1) is 12.8. The van der Waals surface area contributed by atoms with Crippen LogP contribution in [0.15, 0.2) is 61.2 Å². The number of imidazole rings is 1. The third-order valence-electron chi connectivity index (χ3n) is 3.49. The summed E-state index contributed by atoms with van der Waals surface area (Å²) < 4.78 is 12.7. The van der Waals surface area contributed by atoms with Gasteiger partial charge in [0.15, 0.2) is 5.82 Å². The zero-order chi connectivity index (χ0) is 18.0. The van der Waals surface area contributed by atoms with Crippen LogP contribution in [0.25, 0.3) is 5.82 Å². The van der Waals surface area contributed by atoms with Crippen LogP contribution in [0, 0.1) is 0 Å². The first-order valence-corrected chi connectivity index (χ1v) is 8.33. The quantitative estimate of drug-likeness (QED) is 0.525. The number of nitrogens with zero attached hydrogens (tertiary/aromatic N) is 4. The van der Waals surface area contributed by atoms with Gasteiger partial charge in [-0.1, -0.05) is 18.2 Å². The molecule has 0 radical (unpaired) electrons. The predicted octanol–water partition coefficient (Wildman–Crippen LogP) is 1.07. The maximum atomic E-state index is 9.94. The molecule has 2 heterocycles. The van der Waals surface area contributed by atoms with E-state index in [0.29, 0.717) is 31.4 Å². The summed E-state index contributed by atoms with van der Waals surface area (Å²) >= 11 is 0. The van der Waals surface area contributed by atoms with Gasteiger partial charge in [-0.05, 0) is 18.2 Å². The van der Waals surface area contributed by atoms with Crippen molar-refractivity contribution in [2.45, 2.75) is 6.10 Å². The van der Waals surface area contributed by atoms with Gasteiger partial charge < -0.3 is 19.9 Å². The van der Waals surface area contributed by atoms with Crippen molar-refractivity contribution in [2.75, 3.05) is 26.3 Å². The van der Waals surface area contributed by atoms with Crippen LogP contribution in [-0.2, 0) is 0 Å². The molecule has 8 heteroatoms. The van der Waals surface area contributed by atoms with Gasteiger partial charge in [0, 0.05) is 31.5 Å². The highest BCUT2D eigenvalue weighted by Crippen LogP contribution is 2.09. The molecule has 0 amide bonds. The minimum atomic E-state index is -0.651. The van der Waals surface area contributed by atoms with E-state index in [1.807, 2.05) is 30.3 Å². The minimum absolute atomic E-state index is 0.131. The van der Waals surface area contributed by atoms with E-state index in [-0.39, 0.29) is 6.61 Å². The predicted molar refractivity (Wildman–Crippen MR) is 95.5 cm³/mol. The van der Waals surface area contributed by atoms with Gasteiger partial charge in [-0.3, -0.25) is 4.57 Å². The first-order valence-electron chi connectivity index (χ1n) is 8.33. The molecule has 2 N–H and O–H groups in total. The summed E-state index contributed by atoms with van der Waals surface area (Å²) in [6.45, 7) is 1.69. The van der Waals surface area contributed by atoms with Gasteiger partial charge in [0.1, 0.15) is 31.4 Å². The molecule has 136 valence electrons. The highest BCUT2D eigenvalue weighted by atomic mass is 16.5. The Hall–Kier alpha value is -2.97. The average Bonchev–Trinajstić information content (AvgIpc) is 3.22. The average molecular weight is 355 g/mol. The van der Waals surface area contributed by atoms with Crippen LogP contribution in [0.1, 0.15) is 0 Å². The van der Waals surface area contributed by atoms with Crippen molar-refractivity contribution >= 4 is 0 Å². The fourth-order valence-corrected chi connectivity index (χ4v) is 2.19. The molecule has 0 aliphatic heterocycles. The van der Waals surface area contributed by atoms with Crippen molar-refractivity contribution in [3.63, 3.8) is 0 Å². The smallest absolute Gasteiger partial charge is 0.233 e. The molecule has 1 unspecified atom stereocenters. The molecule has 0 aliphatic rings. The Morgan fingerprint density at radius 3 is 2.69 bits per heavy atom. The molecule has 0 bridgehead atoms. The van der Waals surface area contributed by atoms with Crippen molar-refractivity contribution in [1.82, 2.24) is 25.1 Å². The number of nitrogens with one attached hydrogen (secondary N) is 1. The zero-order valence-electron chi connectivity index (χ0n) is 14.2. The Bertz CT molecular complexity index is 750. The lowest BCUT2D eigenvalue weighted by Gasteiger charge is -2.13. The number of para-hydroxylation sites is 1. The van der Waals surface area contributed by atoms with Gasteiger partial charge in [-0.2, -0.15) is 0 Å². The zero-order valence-corrected chi connectivity index (χ0v) is 14.2. The van der Waals surface area contributed by atoms with Gasteiger partial charge in [-0.15, -0.1) is 10.2 Å². The Morgan fingerprint density at radius 1 is 1.08 bits per heavy atom. The van der Waals surface area contributed by atoms with Crippen LogP contribution in [-0.4, -0.2) is 57.3 Å². The summed E-state index contributed by atoms with van der Waals surface area (Å²) in [6.07, 6.45) is 4.44. The van der Waals surface area contributed by atoms with Gasteiger partial charge in [0.2, 0.25) is 5.88 Å². The number of aliphatic hydroxyl groups excluding tert-OH is 1. The second kappa shape index (κ2) is 9.50. The van der Waals surface area contributed by atoms with E-state index in [9.17, 15) is 5.11 Å². The Balaban J connectivity index is 1.30. The lowest BCUT2D eigenvalue weighted by Crippen LogP contribution is -2.33. The van der Waals surface area contributed by atoms with E-state index in [0.717, 1.165) is 5.75 Å². The molecule has 26 heavy (non-hydrogen) atoms. The molecule has 1 aromatic carbocycles. The van der Waals surface area contributed by atoms with Crippen LogP contribution < -0.4 is 14.8 Å². The fraction of sp³-hybridized carbons (Fsp3) is 0.278. The van der Waals surface area contributed by atoms with Crippen molar-refractivity contribution in [1.29, 1.82) is 0 Å². The van der Waals surface area contributed by atoms with Crippen LogP contribution in [0.2, 0.25) is 0 Å². The fourth-order valence-electron chi connectivity index (χ4n) is 2.19. The number of aromatic nitrogens is 4. The molecule has 0 saturated carbocycles. The summed E-state index contributed by atoms with van der Waals surface area (Å²) in [7, 11) is 0. The third kappa shape index (κ3) is 5.54. The summed E-state index contributed by atoms with van der Waals surface area (Å²) in [4.78, 5) is 3.95. The Morgan fingerprint density at radius 2 is 1.96 bits per heavy atom. The number of hydrogen-bond donors (Lipinski definition) is 2. The molecular formula is C18H21N5O3. The summed E-state index contributed by atoms with van der Waals surface area (Å²) in [5.74, 6) is 1.84. The third-order valence-corrected chi connectivity index (χ3v) is 3.49. The molecule has 1 atom stereocenters. The highest BCUT2D eigenvalue weighted by Gasteiger charge is 2.06. The molecule has 3 rings (SSSR count). The van der Waals surface area contributed by atoms with E-state index in [1.54, 1.807) is 35.4 Å². The van der Waals surface area contributed by atoms with E-state index in [4.69, 9.17) is 9.47 Å². The molecule has 0 fully saturated rings. The van der Waals surface area contributed by atoms with Crippen LogP contribution in [0.3, 0.4) is 0 Å². The summed E-state index contributed by atoms with van der Waals surface area (Å²) in [6, 6.07) is 13.1. The number of benzene rings is 1. The minimum Gasteiger partial charge on any atom is -0.492 e. The lowest BCUT2D eigenvalue weighted by molar-refractivity contribution is 0.102. The number of rotatable bonds is 10. The molecule has 0 saturated heterocycles. The van der Waals surface area contributed by atoms with Gasteiger partial charge in [0.05, 0.1) is 0 Å². The van der Waals surface area contributed by atoms with Crippen LogP contribution >= 0.6 is 0 Å². The Labute approximate surface area is 151 Å². The molecule has 0 spiro atoms. The molecular weight excluding hydrogens is 334 g/mol. The van der Waals surface area contributed by atoms with E-state index < -0.39 is 6.10 Å². The van der Waals surface area contributed by atoms with Crippen LogP contribution in [0.4, 0.5) is 0 Å². The SMILES string of the molecule is OC(CNCCOc1ccccc1)COc1ccc(-n2ccnc2)nn1. The van der Waals surface area contributed by atoms with E-state index >= 15 is 0 Å². The van der Waals surface area contributed by atoms with Crippen molar-refractivity contribution in [3.05, 3.63) is 61.2 Å². The molecule has 0 aliphatic carbocycles. The standard InChI is InChI=1S/C18H21N5O3/c24-15(12-19-9-11-25-16-4-2-1-3-5-16)13-26-18-7-6-17(21-22-18)23-10-8-20-14-23/h1-8,10,14-15,19,24H,9,11-13H2. The van der Waals surface area contributed by atoms with Crippen LogP contribution in [0.5, 0.6) is 11.6 Å². The summed E-state index contributed by atoms with van der Waals surface area (Å²) in [5.41, 5.74) is 0. The second-order valence-electron chi connectivity index (χ2n) is 5.53. The normalized spacial score (nSPS) is 11.9. The van der Waals surface area contributed by atoms with E-state index in [1.165, 1.54) is 0 Å². The number of hydrogen-bond acceptors (Lipinski definition) is 7. The molecule has 8 nitrogen and oxygen atoms in total. The van der Waals surface area contributed by atoms with E-state index in [2.05, 4.69) is 20.5 Å². The Kier molecular flexibility index (Phi) is 6.52. The van der Waals surface area contributed by atoms with Gasteiger partial charge in [-0.25, -0.2) is 4.98 Å². The topological polar surface area (TPSA) is 94.3 Å².